The summed E-state index contributed by atoms with van der Waals surface area (Å²) in [5.74, 6) is -1.23. The summed E-state index contributed by atoms with van der Waals surface area (Å²) in [5, 5.41) is 0. The van der Waals surface area contributed by atoms with E-state index in [1.165, 1.54) is 19.8 Å². The Hall–Kier alpha value is -3.60. The van der Waals surface area contributed by atoms with Crippen molar-refractivity contribution >= 4 is 17.6 Å². The zero-order chi connectivity index (χ0) is 21.7. The van der Waals surface area contributed by atoms with Gasteiger partial charge in [0.1, 0.15) is 5.70 Å². The molecule has 0 radical (unpaired) electrons. The van der Waals surface area contributed by atoms with E-state index in [2.05, 4.69) is 26.0 Å². The maximum Gasteiger partial charge on any atom is 0.355 e. The lowest BCUT2D eigenvalue weighted by atomic mass is 9.78. The lowest BCUT2D eigenvalue weighted by Crippen LogP contribution is -2.27. The molecule has 0 saturated heterocycles. The standard InChI is InChI=1S/C25H25NO4/c1-25(2,18-10-6-5-7-11-18)19-13-15-20(16-14-19)26-17-9-8-12-21(23(27)29-3)22(26)24(28)30-4/h5-17H,1-4H3. The predicted octanol–water partition coefficient (Wildman–Crippen LogP) is 4.50. The van der Waals surface area contributed by atoms with Crippen LogP contribution in [0.5, 0.6) is 0 Å². The van der Waals surface area contributed by atoms with Crippen LogP contribution in [-0.2, 0) is 24.5 Å². The number of anilines is 1. The Kier molecular flexibility index (Phi) is 6.21. The summed E-state index contributed by atoms with van der Waals surface area (Å²) >= 11 is 0. The number of nitrogens with zero attached hydrogens (tertiary/aromatic N) is 1. The fraction of sp³-hybridized carbons (Fsp3) is 0.200. The van der Waals surface area contributed by atoms with Crippen LogP contribution >= 0.6 is 0 Å². The molecule has 0 bridgehead atoms. The van der Waals surface area contributed by atoms with Crippen molar-refractivity contribution in [3.05, 3.63) is 101 Å². The highest BCUT2D eigenvalue weighted by Crippen LogP contribution is 2.33. The molecule has 1 aliphatic heterocycles. The molecular weight excluding hydrogens is 378 g/mol. The van der Waals surface area contributed by atoms with Crippen molar-refractivity contribution in [2.75, 3.05) is 19.1 Å². The number of hydrogen-bond acceptors (Lipinski definition) is 5. The van der Waals surface area contributed by atoms with Gasteiger partial charge in [0.25, 0.3) is 0 Å². The highest BCUT2D eigenvalue weighted by atomic mass is 16.5. The van der Waals surface area contributed by atoms with E-state index in [9.17, 15) is 9.59 Å². The summed E-state index contributed by atoms with van der Waals surface area (Å²) in [7, 11) is 2.56. The van der Waals surface area contributed by atoms with E-state index in [1.807, 2.05) is 42.5 Å². The van der Waals surface area contributed by atoms with Crippen LogP contribution in [0.4, 0.5) is 5.69 Å². The number of esters is 2. The van der Waals surface area contributed by atoms with Crippen molar-refractivity contribution in [2.45, 2.75) is 19.3 Å². The van der Waals surface area contributed by atoms with Gasteiger partial charge in [-0.25, -0.2) is 9.59 Å². The van der Waals surface area contributed by atoms with E-state index in [1.54, 1.807) is 29.3 Å². The van der Waals surface area contributed by atoms with Crippen molar-refractivity contribution in [1.82, 2.24) is 0 Å². The van der Waals surface area contributed by atoms with Crippen LogP contribution in [-0.4, -0.2) is 26.2 Å². The zero-order valence-corrected chi connectivity index (χ0v) is 17.6. The second-order valence-corrected chi connectivity index (χ2v) is 7.35. The summed E-state index contributed by atoms with van der Waals surface area (Å²) in [6.07, 6.45) is 6.69. The summed E-state index contributed by atoms with van der Waals surface area (Å²) in [4.78, 5) is 26.5. The van der Waals surface area contributed by atoms with Crippen LogP contribution in [0, 0.1) is 0 Å². The Morgan fingerprint density at radius 1 is 0.800 bits per heavy atom. The van der Waals surface area contributed by atoms with Crippen molar-refractivity contribution in [3.8, 4) is 0 Å². The van der Waals surface area contributed by atoms with Crippen LogP contribution in [0.1, 0.15) is 25.0 Å². The highest BCUT2D eigenvalue weighted by molar-refractivity contribution is 6.05. The zero-order valence-electron chi connectivity index (χ0n) is 17.6. The first-order valence-corrected chi connectivity index (χ1v) is 9.61. The van der Waals surface area contributed by atoms with Crippen LogP contribution in [0.3, 0.4) is 0 Å². The maximum absolute atomic E-state index is 12.5. The van der Waals surface area contributed by atoms with Crippen molar-refractivity contribution in [2.24, 2.45) is 0 Å². The lowest BCUT2D eigenvalue weighted by Gasteiger charge is -2.28. The van der Waals surface area contributed by atoms with Gasteiger partial charge in [0.15, 0.2) is 0 Å². The molecule has 0 aliphatic carbocycles. The fourth-order valence-corrected chi connectivity index (χ4v) is 3.43. The van der Waals surface area contributed by atoms with Gasteiger partial charge in [-0.1, -0.05) is 62.4 Å². The number of carbonyl (C=O) groups is 2. The van der Waals surface area contributed by atoms with E-state index < -0.39 is 11.9 Å². The molecular formula is C25H25NO4. The molecule has 0 saturated carbocycles. The molecule has 0 amide bonds. The van der Waals surface area contributed by atoms with E-state index >= 15 is 0 Å². The molecule has 154 valence electrons. The lowest BCUT2D eigenvalue weighted by molar-refractivity contribution is -0.139. The minimum absolute atomic E-state index is 0.101. The van der Waals surface area contributed by atoms with E-state index in [4.69, 9.17) is 9.47 Å². The predicted molar refractivity (Wildman–Crippen MR) is 117 cm³/mol. The first-order valence-electron chi connectivity index (χ1n) is 9.61. The second-order valence-electron chi connectivity index (χ2n) is 7.35. The van der Waals surface area contributed by atoms with Crippen LogP contribution < -0.4 is 4.90 Å². The molecule has 0 atom stereocenters. The van der Waals surface area contributed by atoms with Crippen LogP contribution in [0.25, 0.3) is 0 Å². The number of benzene rings is 2. The minimum atomic E-state index is -0.625. The molecule has 0 aromatic heterocycles. The number of rotatable bonds is 5. The van der Waals surface area contributed by atoms with Gasteiger partial charge >= 0.3 is 11.9 Å². The third kappa shape index (κ3) is 4.06. The van der Waals surface area contributed by atoms with Gasteiger partial charge in [0.05, 0.1) is 19.8 Å². The third-order valence-electron chi connectivity index (χ3n) is 5.25. The topological polar surface area (TPSA) is 55.8 Å². The second kappa shape index (κ2) is 8.82. The van der Waals surface area contributed by atoms with Gasteiger partial charge in [-0.3, -0.25) is 0 Å². The highest BCUT2D eigenvalue weighted by Gasteiger charge is 2.28. The molecule has 5 nitrogen and oxygen atoms in total. The Labute approximate surface area is 176 Å². The maximum atomic E-state index is 12.5. The smallest absolute Gasteiger partial charge is 0.355 e. The van der Waals surface area contributed by atoms with E-state index in [0.29, 0.717) is 0 Å². The van der Waals surface area contributed by atoms with Gasteiger partial charge in [-0.15, -0.1) is 0 Å². The largest absolute Gasteiger partial charge is 0.465 e. The first-order chi connectivity index (χ1) is 14.4. The number of carbonyl (C=O) groups excluding carboxylic acids is 2. The summed E-state index contributed by atoms with van der Waals surface area (Å²) in [6, 6.07) is 18.2. The van der Waals surface area contributed by atoms with Crippen LogP contribution in [0.15, 0.2) is 90.3 Å². The molecule has 5 heteroatoms. The molecule has 0 spiro atoms. The molecule has 1 heterocycles. The number of ether oxygens (including phenoxy) is 2. The summed E-state index contributed by atoms with van der Waals surface area (Å²) < 4.78 is 9.80. The normalized spacial score (nSPS) is 13.8. The fourth-order valence-electron chi connectivity index (χ4n) is 3.43. The number of allylic oxidation sites excluding steroid dienone is 2. The van der Waals surface area contributed by atoms with Gasteiger partial charge in [0.2, 0.25) is 0 Å². The molecule has 0 unspecified atom stereocenters. The molecule has 0 N–H and O–H groups in total. The number of methoxy groups -OCH3 is 2. The minimum Gasteiger partial charge on any atom is -0.465 e. The molecule has 3 rings (SSSR count). The first kappa shape index (κ1) is 21.1. The SMILES string of the molecule is COC(=O)C1=C(C(=O)OC)N(c2ccc(C(C)(C)c3ccccc3)cc2)C=CC=C1. The molecule has 2 aromatic rings. The Bertz CT molecular complexity index is 1010. The molecule has 0 fully saturated rings. The number of hydrogen-bond donors (Lipinski definition) is 0. The van der Waals surface area contributed by atoms with E-state index in [0.717, 1.165) is 11.3 Å². The molecule has 1 aliphatic rings. The quantitative estimate of drug-likeness (QED) is 0.688. The van der Waals surface area contributed by atoms with Crippen molar-refractivity contribution in [3.63, 3.8) is 0 Å². The summed E-state index contributed by atoms with van der Waals surface area (Å²) in [6.45, 7) is 4.34. The monoisotopic (exact) mass is 403 g/mol. The van der Waals surface area contributed by atoms with Crippen molar-refractivity contribution < 1.29 is 19.1 Å². The van der Waals surface area contributed by atoms with Gasteiger partial charge in [-0.05, 0) is 35.4 Å². The Balaban J connectivity index is 2.04. The summed E-state index contributed by atoms with van der Waals surface area (Å²) in [5.41, 5.74) is 3.11. The van der Waals surface area contributed by atoms with Crippen molar-refractivity contribution in [1.29, 1.82) is 0 Å². The van der Waals surface area contributed by atoms with Crippen LogP contribution in [0.2, 0.25) is 0 Å². The van der Waals surface area contributed by atoms with Gasteiger partial charge < -0.3 is 14.4 Å². The molecule has 30 heavy (non-hydrogen) atoms. The average Bonchev–Trinajstić information content (AvgIpc) is 3.01. The Morgan fingerprint density at radius 3 is 2.00 bits per heavy atom. The van der Waals surface area contributed by atoms with Gasteiger partial charge in [0, 0.05) is 17.3 Å². The van der Waals surface area contributed by atoms with Gasteiger partial charge in [-0.2, -0.15) is 0 Å². The Morgan fingerprint density at radius 2 is 1.40 bits per heavy atom. The van der Waals surface area contributed by atoms with E-state index in [-0.39, 0.29) is 16.7 Å². The third-order valence-corrected chi connectivity index (χ3v) is 5.25. The average molecular weight is 403 g/mol. The molecule has 2 aromatic carbocycles.